The molecule has 1 amide bonds. The van der Waals surface area contributed by atoms with Crippen LogP contribution in [-0.4, -0.2) is 28.8 Å². The first-order valence-electron chi connectivity index (χ1n) is 10.0. The third kappa shape index (κ3) is 3.96. The monoisotopic (exact) mass is 495 g/mol. The van der Waals surface area contributed by atoms with Crippen molar-refractivity contribution in [3.05, 3.63) is 92.9 Å². The number of amides is 1. The van der Waals surface area contributed by atoms with Crippen LogP contribution in [0.2, 0.25) is 0 Å². The smallest absolute Gasteiger partial charge is 0.296 e. The number of furan rings is 1. The number of nitrogens with zero attached hydrogens (tertiary/aromatic N) is 1. The van der Waals surface area contributed by atoms with Gasteiger partial charge in [0.1, 0.15) is 29.1 Å². The van der Waals surface area contributed by atoms with Crippen molar-refractivity contribution in [3.8, 4) is 5.75 Å². The number of methoxy groups -OCH3 is 1. The second-order valence-corrected chi connectivity index (χ2v) is 8.55. The van der Waals surface area contributed by atoms with Gasteiger partial charge in [-0.25, -0.2) is 0 Å². The number of hydrogen-bond acceptors (Lipinski definition) is 5. The van der Waals surface area contributed by atoms with E-state index < -0.39 is 17.7 Å². The number of likely N-dealkylation sites (tertiary alicyclic amines) is 1. The Bertz CT molecular complexity index is 1240. The largest absolute Gasteiger partial charge is 0.507 e. The van der Waals surface area contributed by atoms with Crippen molar-refractivity contribution < 1.29 is 23.8 Å². The molecule has 1 aliphatic heterocycles. The normalized spacial score (nSPS) is 17.8. The summed E-state index contributed by atoms with van der Waals surface area (Å²) < 4.78 is 12.0. The lowest BCUT2D eigenvalue weighted by molar-refractivity contribution is -0.140. The molecule has 6 nitrogen and oxygen atoms in total. The van der Waals surface area contributed by atoms with Crippen LogP contribution in [0.5, 0.6) is 5.75 Å². The molecule has 7 heteroatoms. The highest BCUT2D eigenvalue weighted by atomic mass is 79.9. The van der Waals surface area contributed by atoms with Crippen LogP contribution in [0.3, 0.4) is 0 Å². The number of carbonyl (C=O) groups is 2. The predicted molar refractivity (Wildman–Crippen MR) is 123 cm³/mol. The van der Waals surface area contributed by atoms with Crippen LogP contribution < -0.4 is 4.74 Å². The molecule has 2 aromatic carbocycles. The number of aliphatic hydroxyl groups is 1. The number of benzene rings is 2. The van der Waals surface area contributed by atoms with Crippen molar-refractivity contribution in [1.29, 1.82) is 0 Å². The van der Waals surface area contributed by atoms with E-state index in [1.807, 2.05) is 25.1 Å². The van der Waals surface area contributed by atoms with Crippen LogP contribution in [0.25, 0.3) is 5.76 Å². The Morgan fingerprint density at radius 3 is 2.56 bits per heavy atom. The fourth-order valence-corrected chi connectivity index (χ4v) is 4.10. The molecule has 0 spiro atoms. The first-order valence-corrected chi connectivity index (χ1v) is 10.8. The highest BCUT2D eigenvalue weighted by Crippen LogP contribution is 2.41. The maximum absolute atomic E-state index is 13.1. The van der Waals surface area contributed by atoms with Crippen LogP contribution in [0.15, 0.2) is 69.1 Å². The Labute approximate surface area is 194 Å². The number of ketones is 1. The van der Waals surface area contributed by atoms with Gasteiger partial charge in [0.25, 0.3) is 11.7 Å². The van der Waals surface area contributed by atoms with Crippen LogP contribution >= 0.6 is 15.9 Å². The first kappa shape index (κ1) is 21.9. The number of aliphatic hydroxyl groups excluding tert-OH is 1. The van der Waals surface area contributed by atoms with Gasteiger partial charge in [0.15, 0.2) is 0 Å². The third-order valence-electron chi connectivity index (χ3n) is 5.49. The quantitative estimate of drug-likeness (QED) is 0.295. The third-order valence-corrected chi connectivity index (χ3v) is 6.38. The zero-order chi connectivity index (χ0) is 23.0. The van der Waals surface area contributed by atoms with E-state index in [2.05, 4.69) is 15.9 Å². The minimum absolute atomic E-state index is 0.00830. The molecule has 0 saturated carbocycles. The van der Waals surface area contributed by atoms with Gasteiger partial charge >= 0.3 is 0 Å². The lowest BCUT2D eigenvalue weighted by Crippen LogP contribution is -2.29. The molecule has 1 atom stereocenters. The van der Waals surface area contributed by atoms with E-state index in [4.69, 9.17) is 9.15 Å². The maximum atomic E-state index is 13.1. The summed E-state index contributed by atoms with van der Waals surface area (Å²) >= 11 is 3.44. The molecule has 1 aliphatic rings. The summed E-state index contributed by atoms with van der Waals surface area (Å²) in [5.74, 6) is 0.0414. The molecule has 2 heterocycles. The van der Waals surface area contributed by atoms with E-state index in [1.54, 1.807) is 50.4 Å². The number of ether oxygens (including phenoxy) is 1. The summed E-state index contributed by atoms with van der Waals surface area (Å²) in [4.78, 5) is 27.6. The number of aryl methyl sites for hydroxylation is 2. The van der Waals surface area contributed by atoms with Gasteiger partial charge in [-0.05, 0) is 61.4 Å². The lowest BCUT2D eigenvalue weighted by Gasteiger charge is -2.23. The average Bonchev–Trinajstić information content (AvgIpc) is 3.31. The topological polar surface area (TPSA) is 80.0 Å². The van der Waals surface area contributed by atoms with Gasteiger partial charge in [-0.15, -0.1) is 0 Å². The van der Waals surface area contributed by atoms with Gasteiger partial charge in [0, 0.05) is 16.6 Å². The first-order chi connectivity index (χ1) is 15.3. The molecule has 0 radical (unpaired) electrons. The number of rotatable bonds is 5. The van der Waals surface area contributed by atoms with Crippen LogP contribution in [0.1, 0.15) is 34.3 Å². The zero-order valence-corrected chi connectivity index (χ0v) is 19.5. The summed E-state index contributed by atoms with van der Waals surface area (Å²) in [6.07, 6.45) is 0. The van der Waals surface area contributed by atoms with Crippen molar-refractivity contribution in [2.24, 2.45) is 0 Å². The van der Waals surface area contributed by atoms with Gasteiger partial charge < -0.3 is 19.2 Å². The Morgan fingerprint density at radius 1 is 1.12 bits per heavy atom. The maximum Gasteiger partial charge on any atom is 0.296 e. The number of carbonyl (C=O) groups excluding carboxylic acids is 2. The van der Waals surface area contributed by atoms with Crippen molar-refractivity contribution >= 4 is 33.4 Å². The second kappa shape index (κ2) is 8.67. The van der Waals surface area contributed by atoms with Crippen molar-refractivity contribution in [3.63, 3.8) is 0 Å². The highest BCUT2D eigenvalue weighted by Gasteiger charge is 2.47. The Hall–Kier alpha value is -3.32. The van der Waals surface area contributed by atoms with Crippen LogP contribution in [-0.2, 0) is 16.1 Å². The Balaban J connectivity index is 1.84. The molecule has 1 aromatic heterocycles. The van der Waals surface area contributed by atoms with Crippen molar-refractivity contribution in [2.45, 2.75) is 26.4 Å². The molecule has 164 valence electrons. The highest BCUT2D eigenvalue weighted by molar-refractivity contribution is 9.10. The Morgan fingerprint density at radius 2 is 1.91 bits per heavy atom. The van der Waals surface area contributed by atoms with Gasteiger partial charge in [0.05, 0.1) is 12.7 Å². The van der Waals surface area contributed by atoms with E-state index in [0.29, 0.717) is 22.8 Å². The summed E-state index contributed by atoms with van der Waals surface area (Å²) in [5, 5.41) is 11.1. The van der Waals surface area contributed by atoms with Gasteiger partial charge in [-0.2, -0.15) is 0 Å². The summed E-state index contributed by atoms with van der Waals surface area (Å²) in [7, 11) is 1.57. The van der Waals surface area contributed by atoms with E-state index in [9.17, 15) is 14.7 Å². The lowest BCUT2D eigenvalue weighted by atomic mass is 9.98. The minimum atomic E-state index is -0.848. The van der Waals surface area contributed by atoms with E-state index in [0.717, 1.165) is 15.6 Å². The number of hydrogen-bond donors (Lipinski definition) is 1. The molecule has 4 rings (SSSR count). The van der Waals surface area contributed by atoms with E-state index >= 15 is 0 Å². The van der Waals surface area contributed by atoms with E-state index in [-0.39, 0.29) is 17.9 Å². The van der Waals surface area contributed by atoms with Crippen molar-refractivity contribution in [1.82, 2.24) is 4.90 Å². The molecule has 1 N–H and O–H groups in total. The van der Waals surface area contributed by atoms with Gasteiger partial charge in [-0.1, -0.05) is 34.1 Å². The molecule has 32 heavy (non-hydrogen) atoms. The van der Waals surface area contributed by atoms with Gasteiger partial charge in [0.2, 0.25) is 0 Å². The Kier molecular flexibility index (Phi) is 5.93. The summed E-state index contributed by atoms with van der Waals surface area (Å²) in [6.45, 7) is 3.83. The fourth-order valence-electron chi connectivity index (χ4n) is 3.85. The molecule has 0 bridgehead atoms. The number of Topliss-reactive ketones (excluding diaryl/α,β-unsaturated/α-hetero) is 1. The van der Waals surface area contributed by atoms with E-state index in [1.165, 1.54) is 4.90 Å². The SMILES string of the molecule is COc1cccc(CN2C(=O)C(=O)/C(=C(\O)c3ccc(Br)c(C)c3)C2c2ccc(C)o2)c1. The van der Waals surface area contributed by atoms with Crippen LogP contribution in [0, 0.1) is 13.8 Å². The summed E-state index contributed by atoms with van der Waals surface area (Å²) in [5.41, 5.74) is 2.15. The zero-order valence-electron chi connectivity index (χ0n) is 17.9. The molecule has 1 unspecified atom stereocenters. The molecule has 3 aromatic rings. The molecule has 1 saturated heterocycles. The standard InChI is InChI=1S/C25H22BrNO5/c1-14-11-17(8-9-19(14)26)23(28)21-22(20-10-7-15(2)32-20)27(25(30)24(21)29)13-16-5-4-6-18(12-16)31-3/h4-12,22,28H,13H2,1-3H3/b23-21-. The average molecular weight is 496 g/mol. The fraction of sp³-hybridized carbons (Fsp3) is 0.200. The second-order valence-electron chi connectivity index (χ2n) is 7.69. The number of halogens is 1. The predicted octanol–water partition coefficient (Wildman–Crippen LogP) is 5.29. The molecule has 0 aliphatic carbocycles. The molecular weight excluding hydrogens is 474 g/mol. The summed E-state index contributed by atoms with van der Waals surface area (Å²) in [6, 6.07) is 15.2. The van der Waals surface area contributed by atoms with Crippen molar-refractivity contribution in [2.75, 3.05) is 7.11 Å². The minimum Gasteiger partial charge on any atom is -0.507 e. The van der Waals surface area contributed by atoms with Gasteiger partial charge in [-0.3, -0.25) is 9.59 Å². The van der Waals surface area contributed by atoms with Crippen LogP contribution in [0.4, 0.5) is 0 Å². The molecular formula is C25H22BrNO5. The molecule has 1 fully saturated rings.